The molecule has 2 amide bonds. The first-order chi connectivity index (χ1) is 11.5. The molecular weight excluding hydrogens is 304 g/mol. The number of rotatable bonds is 3. The Morgan fingerprint density at radius 2 is 2.08 bits per heavy atom. The molecule has 0 spiro atoms. The maximum absolute atomic E-state index is 12.8. The highest BCUT2D eigenvalue weighted by Crippen LogP contribution is 2.24. The Morgan fingerprint density at radius 3 is 2.75 bits per heavy atom. The fourth-order valence-corrected chi connectivity index (χ4v) is 3.16. The normalized spacial score (nSPS) is 17.7. The van der Waals surface area contributed by atoms with Crippen LogP contribution in [0, 0.1) is 20.8 Å². The van der Waals surface area contributed by atoms with E-state index in [4.69, 9.17) is 0 Å². The maximum atomic E-state index is 12.8. The molecule has 2 aromatic rings. The molecule has 1 N–H and O–H groups in total. The molecule has 0 unspecified atom stereocenters. The predicted molar refractivity (Wildman–Crippen MR) is 90.3 cm³/mol. The van der Waals surface area contributed by atoms with Gasteiger partial charge in [-0.15, -0.1) is 0 Å². The van der Waals surface area contributed by atoms with E-state index in [0.29, 0.717) is 13.1 Å². The van der Waals surface area contributed by atoms with Crippen molar-refractivity contribution in [2.45, 2.75) is 33.4 Å². The summed E-state index contributed by atoms with van der Waals surface area (Å²) in [7, 11) is 0. The van der Waals surface area contributed by atoms with Crippen LogP contribution in [-0.4, -0.2) is 39.6 Å². The first kappa shape index (κ1) is 16.2. The van der Waals surface area contributed by atoms with Crippen molar-refractivity contribution in [3.63, 3.8) is 0 Å². The zero-order valence-corrected chi connectivity index (χ0v) is 14.2. The number of amides is 2. The van der Waals surface area contributed by atoms with Gasteiger partial charge in [0, 0.05) is 18.8 Å². The summed E-state index contributed by atoms with van der Waals surface area (Å²) in [5.74, 6) is -0.226. The SMILES string of the molecule is Cc1cccc([C@H]2C(=O)NCCN2C(=O)Cn2nc(C)cc2C)c1. The third-order valence-electron chi connectivity index (χ3n) is 4.28. The second-order valence-electron chi connectivity index (χ2n) is 6.28. The van der Waals surface area contributed by atoms with Crippen LogP contribution in [0.4, 0.5) is 0 Å². The molecule has 1 aromatic carbocycles. The highest BCUT2D eigenvalue weighted by molar-refractivity contribution is 5.89. The molecule has 24 heavy (non-hydrogen) atoms. The van der Waals surface area contributed by atoms with E-state index in [-0.39, 0.29) is 18.4 Å². The minimum Gasteiger partial charge on any atom is -0.352 e. The van der Waals surface area contributed by atoms with Crippen molar-refractivity contribution >= 4 is 11.8 Å². The number of nitrogens with one attached hydrogen (secondary N) is 1. The Balaban J connectivity index is 1.87. The minimum atomic E-state index is -0.580. The van der Waals surface area contributed by atoms with E-state index in [1.54, 1.807) is 9.58 Å². The van der Waals surface area contributed by atoms with E-state index in [0.717, 1.165) is 22.5 Å². The number of hydrogen-bond acceptors (Lipinski definition) is 3. The van der Waals surface area contributed by atoms with Gasteiger partial charge in [-0.1, -0.05) is 29.8 Å². The Kier molecular flexibility index (Phi) is 4.38. The molecule has 2 heterocycles. The molecule has 0 aliphatic carbocycles. The zero-order chi connectivity index (χ0) is 17.3. The summed E-state index contributed by atoms with van der Waals surface area (Å²) < 4.78 is 1.69. The van der Waals surface area contributed by atoms with E-state index in [1.807, 2.05) is 51.1 Å². The molecular formula is C18H22N4O2. The second kappa shape index (κ2) is 6.47. The van der Waals surface area contributed by atoms with E-state index < -0.39 is 6.04 Å². The standard InChI is InChI=1S/C18H22N4O2/c1-12-5-4-6-15(9-12)17-18(24)19-7-8-21(17)16(23)11-22-14(3)10-13(2)20-22/h4-6,9-10,17H,7-8,11H2,1-3H3,(H,19,24)/t17-/m0/s1. The molecule has 126 valence electrons. The Labute approximate surface area is 141 Å². The summed E-state index contributed by atoms with van der Waals surface area (Å²) in [4.78, 5) is 26.9. The van der Waals surface area contributed by atoms with E-state index in [9.17, 15) is 9.59 Å². The smallest absolute Gasteiger partial charge is 0.247 e. The van der Waals surface area contributed by atoms with Gasteiger partial charge in [0.25, 0.3) is 0 Å². The van der Waals surface area contributed by atoms with Crippen molar-refractivity contribution < 1.29 is 9.59 Å². The van der Waals surface area contributed by atoms with Crippen LogP contribution in [0.3, 0.4) is 0 Å². The predicted octanol–water partition coefficient (Wildman–Crippen LogP) is 1.51. The average Bonchev–Trinajstić information content (AvgIpc) is 2.84. The Morgan fingerprint density at radius 1 is 1.29 bits per heavy atom. The third kappa shape index (κ3) is 3.18. The Hall–Kier alpha value is -2.63. The van der Waals surface area contributed by atoms with E-state index >= 15 is 0 Å². The number of hydrogen-bond donors (Lipinski definition) is 1. The summed E-state index contributed by atoms with van der Waals surface area (Å²) >= 11 is 0. The van der Waals surface area contributed by atoms with Crippen molar-refractivity contribution in [3.8, 4) is 0 Å². The monoisotopic (exact) mass is 326 g/mol. The van der Waals surface area contributed by atoms with Gasteiger partial charge < -0.3 is 10.2 Å². The minimum absolute atomic E-state index is 0.0949. The number of carbonyl (C=O) groups excluding carboxylic acids is 2. The number of aryl methyl sites for hydroxylation is 3. The topological polar surface area (TPSA) is 67.2 Å². The molecule has 3 rings (SSSR count). The van der Waals surface area contributed by atoms with Crippen LogP contribution >= 0.6 is 0 Å². The van der Waals surface area contributed by atoms with E-state index in [2.05, 4.69) is 10.4 Å². The van der Waals surface area contributed by atoms with Crippen LogP contribution < -0.4 is 5.32 Å². The summed E-state index contributed by atoms with van der Waals surface area (Å²) in [5, 5.41) is 7.20. The van der Waals surface area contributed by atoms with Gasteiger partial charge in [-0.2, -0.15) is 5.10 Å². The first-order valence-corrected chi connectivity index (χ1v) is 8.10. The lowest BCUT2D eigenvalue weighted by atomic mass is 10.0. The molecule has 1 aliphatic heterocycles. The van der Waals surface area contributed by atoms with Gasteiger partial charge in [-0.25, -0.2) is 0 Å². The molecule has 1 aromatic heterocycles. The number of nitrogens with zero attached hydrogens (tertiary/aromatic N) is 3. The van der Waals surface area contributed by atoms with Crippen molar-refractivity contribution in [1.82, 2.24) is 20.0 Å². The van der Waals surface area contributed by atoms with Gasteiger partial charge in [0.1, 0.15) is 12.6 Å². The molecule has 1 fully saturated rings. The third-order valence-corrected chi connectivity index (χ3v) is 4.28. The fourth-order valence-electron chi connectivity index (χ4n) is 3.16. The highest BCUT2D eigenvalue weighted by Gasteiger charge is 2.34. The Bertz CT molecular complexity index is 781. The molecule has 6 heteroatoms. The molecule has 0 radical (unpaired) electrons. The maximum Gasteiger partial charge on any atom is 0.247 e. The van der Waals surface area contributed by atoms with Crippen LogP contribution in [0.5, 0.6) is 0 Å². The molecule has 0 saturated carbocycles. The summed E-state index contributed by atoms with van der Waals surface area (Å²) in [6.45, 7) is 6.93. The summed E-state index contributed by atoms with van der Waals surface area (Å²) in [6.07, 6.45) is 0. The van der Waals surface area contributed by atoms with Crippen LogP contribution in [0.1, 0.15) is 28.6 Å². The van der Waals surface area contributed by atoms with Crippen LogP contribution in [0.25, 0.3) is 0 Å². The lowest BCUT2D eigenvalue weighted by molar-refractivity contribution is -0.144. The molecule has 0 bridgehead atoms. The molecule has 1 aliphatic rings. The van der Waals surface area contributed by atoms with Gasteiger partial charge >= 0.3 is 0 Å². The number of aromatic nitrogens is 2. The van der Waals surface area contributed by atoms with Crippen LogP contribution in [0.2, 0.25) is 0 Å². The lowest BCUT2D eigenvalue weighted by Gasteiger charge is -2.35. The summed E-state index contributed by atoms with van der Waals surface area (Å²) in [6, 6.07) is 9.10. The summed E-state index contributed by atoms with van der Waals surface area (Å²) in [5.41, 5.74) is 3.73. The van der Waals surface area contributed by atoms with Gasteiger partial charge in [0.05, 0.1) is 5.69 Å². The number of piperazine rings is 1. The van der Waals surface area contributed by atoms with Gasteiger partial charge in [-0.05, 0) is 32.4 Å². The molecule has 6 nitrogen and oxygen atoms in total. The average molecular weight is 326 g/mol. The van der Waals surface area contributed by atoms with Gasteiger partial charge in [0.15, 0.2) is 0 Å². The van der Waals surface area contributed by atoms with Gasteiger partial charge in [-0.3, -0.25) is 14.3 Å². The molecule has 1 atom stereocenters. The van der Waals surface area contributed by atoms with Crippen molar-refractivity contribution in [2.75, 3.05) is 13.1 Å². The zero-order valence-electron chi connectivity index (χ0n) is 14.2. The van der Waals surface area contributed by atoms with Crippen LogP contribution in [0.15, 0.2) is 30.3 Å². The molecule has 1 saturated heterocycles. The van der Waals surface area contributed by atoms with Gasteiger partial charge in [0.2, 0.25) is 11.8 Å². The fraction of sp³-hybridized carbons (Fsp3) is 0.389. The first-order valence-electron chi connectivity index (χ1n) is 8.10. The number of benzene rings is 1. The quantitative estimate of drug-likeness (QED) is 0.930. The van der Waals surface area contributed by atoms with Crippen molar-refractivity contribution in [3.05, 3.63) is 52.8 Å². The number of carbonyl (C=O) groups is 2. The lowest BCUT2D eigenvalue weighted by Crippen LogP contribution is -2.53. The second-order valence-corrected chi connectivity index (χ2v) is 6.28. The van der Waals surface area contributed by atoms with Crippen molar-refractivity contribution in [2.24, 2.45) is 0 Å². The highest BCUT2D eigenvalue weighted by atomic mass is 16.2. The largest absolute Gasteiger partial charge is 0.352 e. The van der Waals surface area contributed by atoms with Crippen LogP contribution in [-0.2, 0) is 16.1 Å². The van der Waals surface area contributed by atoms with E-state index in [1.165, 1.54) is 0 Å². The van der Waals surface area contributed by atoms with Crippen molar-refractivity contribution in [1.29, 1.82) is 0 Å².